The molecule has 3 heterocycles. The molecular formula is C30H26FN3O4S2. The molecule has 0 unspecified atom stereocenters. The van der Waals surface area contributed by atoms with Crippen LogP contribution in [0.15, 0.2) is 60.8 Å². The number of nitrogens with one attached hydrogen (secondary N) is 1. The summed E-state index contributed by atoms with van der Waals surface area (Å²) in [5.74, 6) is -0.913. The molecule has 1 aliphatic rings. The molecular weight excluding hydrogens is 549 g/mol. The monoisotopic (exact) mass is 575 g/mol. The van der Waals surface area contributed by atoms with Gasteiger partial charge in [0, 0.05) is 31.8 Å². The second-order valence-corrected chi connectivity index (χ2v) is 12.3. The Hall–Kier alpha value is -4.02. The van der Waals surface area contributed by atoms with Crippen molar-refractivity contribution in [3.63, 3.8) is 0 Å². The number of hydrogen-bond donors (Lipinski definition) is 2. The second kappa shape index (κ2) is 9.87. The zero-order valence-corrected chi connectivity index (χ0v) is 23.7. The zero-order chi connectivity index (χ0) is 28.2. The molecule has 6 rings (SSSR count). The van der Waals surface area contributed by atoms with Crippen molar-refractivity contribution in [2.75, 3.05) is 5.32 Å². The van der Waals surface area contributed by atoms with Crippen LogP contribution in [-0.4, -0.2) is 26.9 Å². The number of carbonyl (C=O) groups is 2. The van der Waals surface area contributed by atoms with E-state index >= 15 is 4.39 Å². The summed E-state index contributed by atoms with van der Waals surface area (Å²) in [4.78, 5) is 26.3. The number of nitrogens with zero attached hydrogens (tertiary/aromatic N) is 2. The van der Waals surface area contributed by atoms with E-state index in [1.54, 1.807) is 46.7 Å². The molecule has 1 saturated carbocycles. The summed E-state index contributed by atoms with van der Waals surface area (Å²) in [5.41, 5.74) is 2.47. The normalized spacial score (nSPS) is 14.7. The van der Waals surface area contributed by atoms with Crippen molar-refractivity contribution >= 4 is 50.0 Å². The molecule has 0 saturated heterocycles. The number of fused-ring (bicyclic) bond motifs is 1. The smallest absolute Gasteiger partial charge is 0.413 e. The van der Waals surface area contributed by atoms with Crippen molar-refractivity contribution in [1.82, 2.24) is 9.78 Å². The van der Waals surface area contributed by atoms with Gasteiger partial charge in [0.05, 0.1) is 17.2 Å². The summed E-state index contributed by atoms with van der Waals surface area (Å²) in [6.07, 6.45) is 1.65. The zero-order valence-electron chi connectivity index (χ0n) is 22.0. The van der Waals surface area contributed by atoms with Gasteiger partial charge in [-0.2, -0.15) is 5.10 Å². The predicted molar refractivity (Wildman–Crippen MR) is 156 cm³/mol. The molecule has 0 spiro atoms. The van der Waals surface area contributed by atoms with Gasteiger partial charge in [-0.1, -0.05) is 36.4 Å². The minimum Gasteiger partial charge on any atom is -0.481 e. The highest BCUT2D eigenvalue weighted by molar-refractivity contribution is 7.31. The number of benzene rings is 2. The van der Waals surface area contributed by atoms with E-state index in [2.05, 4.69) is 10.4 Å². The predicted octanol–water partition coefficient (Wildman–Crippen LogP) is 7.90. The summed E-state index contributed by atoms with van der Waals surface area (Å²) in [6, 6.07) is 16.7. The number of anilines is 1. The van der Waals surface area contributed by atoms with Gasteiger partial charge in [-0.15, -0.1) is 22.7 Å². The van der Waals surface area contributed by atoms with E-state index in [0.29, 0.717) is 18.7 Å². The number of hydrogen-bond acceptors (Lipinski definition) is 6. The van der Waals surface area contributed by atoms with Crippen molar-refractivity contribution in [3.8, 4) is 20.9 Å². The number of ether oxygens (including phenoxy) is 1. The highest BCUT2D eigenvalue weighted by Crippen LogP contribution is 2.51. The molecule has 2 aromatic carbocycles. The van der Waals surface area contributed by atoms with Crippen molar-refractivity contribution in [1.29, 1.82) is 0 Å². The Morgan fingerprint density at radius 1 is 1.07 bits per heavy atom. The fourth-order valence-corrected chi connectivity index (χ4v) is 7.47. The highest BCUT2D eigenvalue weighted by atomic mass is 32.1. The fourth-order valence-electron chi connectivity index (χ4n) is 4.98. The minimum absolute atomic E-state index is 0.273. The van der Waals surface area contributed by atoms with E-state index in [1.807, 2.05) is 56.3 Å². The van der Waals surface area contributed by atoms with Crippen molar-refractivity contribution in [2.24, 2.45) is 7.05 Å². The molecule has 204 valence electrons. The molecule has 3 aromatic heterocycles. The number of carbonyl (C=O) groups excluding carboxylic acids is 1. The summed E-state index contributed by atoms with van der Waals surface area (Å²) in [5, 5.41) is 16.8. The van der Waals surface area contributed by atoms with E-state index in [9.17, 15) is 14.7 Å². The molecule has 0 radical (unpaired) electrons. The largest absolute Gasteiger partial charge is 0.481 e. The van der Waals surface area contributed by atoms with Gasteiger partial charge in [-0.05, 0) is 61.6 Å². The number of aromatic nitrogens is 2. The van der Waals surface area contributed by atoms with E-state index < -0.39 is 29.4 Å². The van der Waals surface area contributed by atoms with Crippen LogP contribution in [0.2, 0.25) is 0 Å². The quantitative estimate of drug-likeness (QED) is 0.206. The van der Waals surface area contributed by atoms with Crippen molar-refractivity contribution in [3.05, 3.63) is 83.3 Å². The molecule has 10 heteroatoms. The highest BCUT2D eigenvalue weighted by Gasteiger charge is 2.53. The standard InChI is InChI=1S/C30H26FN3O4S2/c1-16-11-21(30(9-10-30)28(35)36)22(31)12-19(16)23-13-25-26(39-23)14-24(40-25)20-15-32-34(3)27(20)33-29(37)38-17(2)18-7-5-4-6-8-18/h4-8,11-15,17H,9-10H2,1-3H3,(H,33,37)(H,35,36)/t17-/m1/s1. The Morgan fingerprint density at radius 2 is 1.73 bits per heavy atom. The molecule has 40 heavy (non-hydrogen) atoms. The number of carboxylic acids is 1. The first-order chi connectivity index (χ1) is 19.2. The second-order valence-electron chi connectivity index (χ2n) is 10.1. The number of thiophene rings is 2. The molecule has 1 fully saturated rings. The lowest BCUT2D eigenvalue weighted by atomic mass is 9.91. The minimum atomic E-state index is -1.08. The Balaban J connectivity index is 1.24. The van der Waals surface area contributed by atoms with Gasteiger partial charge >= 0.3 is 12.1 Å². The molecule has 0 bridgehead atoms. The third kappa shape index (κ3) is 4.56. The summed E-state index contributed by atoms with van der Waals surface area (Å²) in [7, 11) is 1.75. The third-order valence-corrected chi connectivity index (χ3v) is 9.80. The lowest BCUT2D eigenvalue weighted by Gasteiger charge is -2.15. The first-order valence-electron chi connectivity index (χ1n) is 12.8. The Kier molecular flexibility index (Phi) is 6.47. The number of halogens is 1. The maximum Gasteiger partial charge on any atom is 0.413 e. The first kappa shape index (κ1) is 26.2. The molecule has 1 aliphatic carbocycles. The maximum atomic E-state index is 15.1. The number of aliphatic carboxylic acids is 1. The van der Waals surface area contributed by atoms with Crippen LogP contribution in [-0.2, 0) is 22.0 Å². The van der Waals surface area contributed by atoms with Gasteiger partial charge < -0.3 is 9.84 Å². The van der Waals surface area contributed by atoms with Crippen molar-refractivity contribution < 1.29 is 23.8 Å². The van der Waals surface area contributed by atoms with Crippen LogP contribution in [0, 0.1) is 12.7 Å². The van der Waals surface area contributed by atoms with Crippen molar-refractivity contribution in [2.45, 2.75) is 38.2 Å². The third-order valence-electron chi connectivity index (χ3n) is 7.44. The van der Waals surface area contributed by atoms with Gasteiger partial charge in [-0.25, -0.2) is 9.18 Å². The fraction of sp³-hybridized carbons (Fsp3) is 0.233. The van der Waals surface area contributed by atoms with Gasteiger partial charge in [0.2, 0.25) is 0 Å². The van der Waals surface area contributed by atoms with E-state index in [0.717, 1.165) is 41.4 Å². The summed E-state index contributed by atoms with van der Waals surface area (Å²) >= 11 is 3.10. The van der Waals surface area contributed by atoms with E-state index in [4.69, 9.17) is 4.74 Å². The Labute approximate surface area is 237 Å². The number of aryl methyl sites for hydroxylation is 2. The molecule has 2 N–H and O–H groups in total. The average Bonchev–Trinajstić information content (AvgIpc) is 3.34. The molecule has 5 aromatic rings. The number of carboxylic acid groups (broad SMARTS) is 1. The van der Waals surface area contributed by atoms with Gasteiger partial charge in [0.25, 0.3) is 0 Å². The summed E-state index contributed by atoms with van der Waals surface area (Å²) < 4.78 is 24.3. The Morgan fingerprint density at radius 3 is 2.35 bits per heavy atom. The maximum absolute atomic E-state index is 15.1. The van der Waals surface area contributed by atoms with Gasteiger partial charge in [0.1, 0.15) is 17.7 Å². The van der Waals surface area contributed by atoms with Crippen LogP contribution in [0.25, 0.3) is 30.3 Å². The van der Waals surface area contributed by atoms with Crippen LogP contribution in [0.5, 0.6) is 0 Å². The van der Waals surface area contributed by atoms with Crippen LogP contribution in [0.4, 0.5) is 15.0 Å². The molecule has 1 amide bonds. The Bertz CT molecular complexity index is 1740. The SMILES string of the molecule is Cc1cc(C2(C(=O)O)CC2)c(F)cc1-c1cc2sc(-c3cnn(C)c3NC(=O)O[C@H](C)c3ccccc3)cc2s1. The van der Waals surface area contributed by atoms with E-state index in [1.165, 1.54) is 6.07 Å². The number of amides is 1. The lowest BCUT2D eigenvalue weighted by molar-refractivity contribution is -0.140. The van der Waals surface area contributed by atoms with E-state index in [-0.39, 0.29) is 5.56 Å². The van der Waals surface area contributed by atoms with Crippen LogP contribution >= 0.6 is 22.7 Å². The summed E-state index contributed by atoms with van der Waals surface area (Å²) in [6.45, 7) is 3.71. The van der Waals surface area contributed by atoms with Crippen LogP contribution < -0.4 is 5.32 Å². The molecule has 7 nitrogen and oxygen atoms in total. The molecule has 0 aliphatic heterocycles. The molecule has 1 atom stereocenters. The van der Waals surface area contributed by atoms with Crippen LogP contribution in [0.3, 0.4) is 0 Å². The number of rotatable bonds is 7. The lowest BCUT2D eigenvalue weighted by Crippen LogP contribution is -2.21. The van der Waals surface area contributed by atoms with Crippen LogP contribution in [0.1, 0.15) is 42.6 Å². The van der Waals surface area contributed by atoms with Gasteiger partial charge in [0.15, 0.2) is 0 Å². The first-order valence-corrected chi connectivity index (χ1v) is 14.4. The topological polar surface area (TPSA) is 93.5 Å². The average molecular weight is 576 g/mol. The van der Waals surface area contributed by atoms with Gasteiger partial charge in [-0.3, -0.25) is 14.8 Å².